The van der Waals surface area contributed by atoms with E-state index in [0.717, 1.165) is 18.4 Å². The van der Waals surface area contributed by atoms with E-state index < -0.39 is 0 Å². The molecular formula is C16H15BrN2O2. The van der Waals surface area contributed by atoms with Crippen molar-refractivity contribution < 1.29 is 9.90 Å². The van der Waals surface area contributed by atoms with Gasteiger partial charge in [-0.2, -0.15) is 0 Å². The predicted octanol–water partition coefficient (Wildman–Crippen LogP) is 3.35. The van der Waals surface area contributed by atoms with Crippen LogP contribution in [0.2, 0.25) is 0 Å². The van der Waals surface area contributed by atoms with E-state index in [1.54, 1.807) is 30.3 Å². The molecule has 0 saturated heterocycles. The highest BCUT2D eigenvalue weighted by molar-refractivity contribution is 9.10. The quantitative estimate of drug-likeness (QED) is 0.863. The molecule has 0 bridgehead atoms. The number of nitrogens with zero attached hydrogens (tertiary/aromatic N) is 2. The molecule has 0 unspecified atom stereocenters. The predicted molar refractivity (Wildman–Crippen MR) is 82.9 cm³/mol. The van der Waals surface area contributed by atoms with Crippen molar-refractivity contribution in [2.24, 2.45) is 0 Å². The number of aromatic nitrogens is 1. The minimum Gasteiger partial charge on any atom is -0.508 e. The van der Waals surface area contributed by atoms with Crippen LogP contribution in [-0.2, 0) is 6.54 Å². The van der Waals surface area contributed by atoms with Crippen molar-refractivity contribution in [2.45, 2.75) is 25.4 Å². The van der Waals surface area contributed by atoms with E-state index in [4.69, 9.17) is 0 Å². The van der Waals surface area contributed by atoms with Crippen molar-refractivity contribution >= 4 is 21.8 Å². The number of phenolic OH excluding ortho intramolecular Hbond substituents is 1. The molecule has 0 radical (unpaired) electrons. The van der Waals surface area contributed by atoms with Gasteiger partial charge in [0.15, 0.2) is 0 Å². The number of aromatic hydroxyl groups is 1. The molecule has 1 aliphatic rings. The number of phenols is 1. The normalized spacial score (nSPS) is 14.0. The van der Waals surface area contributed by atoms with Gasteiger partial charge in [0.25, 0.3) is 5.91 Å². The summed E-state index contributed by atoms with van der Waals surface area (Å²) in [5.41, 5.74) is 1.36. The molecule has 1 amide bonds. The number of halogens is 1. The lowest BCUT2D eigenvalue weighted by Gasteiger charge is -2.22. The first-order valence-corrected chi connectivity index (χ1v) is 7.64. The molecule has 1 aromatic heterocycles. The zero-order valence-corrected chi connectivity index (χ0v) is 13.0. The molecule has 0 spiro atoms. The van der Waals surface area contributed by atoms with Gasteiger partial charge in [0, 0.05) is 12.6 Å². The highest BCUT2D eigenvalue weighted by Gasteiger charge is 2.33. The molecule has 1 aromatic carbocycles. The van der Waals surface area contributed by atoms with Gasteiger partial charge in [0.05, 0.1) is 0 Å². The van der Waals surface area contributed by atoms with E-state index in [0.29, 0.717) is 16.8 Å². The number of carbonyl (C=O) groups excluding carboxylic acids is 1. The first kappa shape index (κ1) is 14.1. The van der Waals surface area contributed by atoms with Gasteiger partial charge in [0.1, 0.15) is 16.0 Å². The number of benzene rings is 1. The van der Waals surface area contributed by atoms with Gasteiger partial charge in [-0.25, -0.2) is 4.98 Å². The van der Waals surface area contributed by atoms with Crippen LogP contribution in [-0.4, -0.2) is 26.9 Å². The second-order valence-corrected chi connectivity index (χ2v) is 5.99. The molecule has 108 valence electrons. The van der Waals surface area contributed by atoms with E-state index >= 15 is 0 Å². The van der Waals surface area contributed by atoms with Crippen LogP contribution in [0.15, 0.2) is 47.1 Å². The topological polar surface area (TPSA) is 53.4 Å². The van der Waals surface area contributed by atoms with E-state index in [-0.39, 0.29) is 17.7 Å². The second kappa shape index (κ2) is 5.85. The van der Waals surface area contributed by atoms with Crippen LogP contribution in [0.3, 0.4) is 0 Å². The van der Waals surface area contributed by atoms with Gasteiger partial charge >= 0.3 is 0 Å². The summed E-state index contributed by atoms with van der Waals surface area (Å²) in [7, 11) is 0. The average Bonchev–Trinajstić information content (AvgIpc) is 3.29. The molecule has 0 atom stereocenters. The first-order valence-electron chi connectivity index (χ1n) is 6.85. The lowest BCUT2D eigenvalue weighted by Crippen LogP contribution is -2.33. The Balaban J connectivity index is 1.83. The van der Waals surface area contributed by atoms with Crippen molar-refractivity contribution in [1.29, 1.82) is 0 Å². The average molecular weight is 347 g/mol. The largest absolute Gasteiger partial charge is 0.508 e. The SMILES string of the molecule is O=C(c1cccc(Br)n1)N(Cc1cccc(O)c1)C1CC1. The van der Waals surface area contributed by atoms with Crippen LogP contribution in [0.25, 0.3) is 0 Å². The summed E-state index contributed by atoms with van der Waals surface area (Å²) in [6.07, 6.45) is 2.05. The third-order valence-corrected chi connectivity index (χ3v) is 3.89. The Hall–Kier alpha value is -1.88. The highest BCUT2D eigenvalue weighted by atomic mass is 79.9. The summed E-state index contributed by atoms with van der Waals surface area (Å²) in [6.45, 7) is 0.492. The van der Waals surface area contributed by atoms with Crippen molar-refractivity contribution in [3.05, 3.63) is 58.3 Å². The standard InChI is InChI=1S/C16H15BrN2O2/c17-15-6-2-5-14(18-15)16(21)19(12-7-8-12)10-11-3-1-4-13(20)9-11/h1-6,9,12,20H,7-8,10H2. The number of pyridine rings is 1. The van der Waals surface area contributed by atoms with Crippen molar-refractivity contribution in [2.75, 3.05) is 0 Å². The number of rotatable bonds is 4. The molecule has 1 saturated carbocycles. The summed E-state index contributed by atoms with van der Waals surface area (Å²) in [6, 6.07) is 12.6. The fourth-order valence-corrected chi connectivity index (χ4v) is 2.62. The summed E-state index contributed by atoms with van der Waals surface area (Å²) in [4.78, 5) is 18.7. The van der Waals surface area contributed by atoms with Crippen LogP contribution in [0, 0.1) is 0 Å². The number of hydrogen-bond donors (Lipinski definition) is 1. The molecule has 1 fully saturated rings. The summed E-state index contributed by atoms with van der Waals surface area (Å²) in [5, 5.41) is 9.55. The lowest BCUT2D eigenvalue weighted by molar-refractivity contribution is 0.0723. The maximum atomic E-state index is 12.6. The fourth-order valence-electron chi connectivity index (χ4n) is 2.28. The molecule has 0 aliphatic heterocycles. The van der Waals surface area contributed by atoms with E-state index in [2.05, 4.69) is 20.9 Å². The molecule has 1 aliphatic carbocycles. The number of amides is 1. The zero-order valence-electron chi connectivity index (χ0n) is 11.4. The molecule has 5 heteroatoms. The van der Waals surface area contributed by atoms with Gasteiger partial charge in [0.2, 0.25) is 0 Å². The molecule has 1 N–H and O–H groups in total. The van der Waals surface area contributed by atoms with E-state index in [1.165, 1.54) is 0 Å². The molecule has 3 rings (SSSR count). The van der Waals surface area contributed by atoms with Crippen LogP contribution in [0.4, 0.5) is 0 Å². The summed E-state index contributed by atoms with van der Waals surface area (Å²) < 4.78 is 0.654. The molecule has 21 heavy (non-hydrogen) atoms. The smallest absolute Gasteiger partial charge is 0.273 e. The van der Waals surface area contributed by atoms with Crippen molar-refractivity contribution in [1.82, 2.24) is 9.88 Å². The highest BCUT2D eigenvalue weighted by Crippen LogP contribution is 2.30. The third-order valence-electron chi connectivity index (χ3n) is 3.45. The number of hydrogen-bond acceptors (Lipinski definition) is 3. The van der Waals surface area contributed by atoms with Gasteiger partial charge in [-0.15, -0.1) is 0 Å². The Morgan fingerprint density at radius 1 is 1.29 bits per heavy atom. The van der Waals surface area contributed by atoms with Crippen LogP contribution in [0.1, 0.15) is 28.9 Å². The Kier molecular flexibility index (Phi) is 3.92. The van der Waals surface area contributed by atoms with Gasteiger partial charge in [-0.3, -0.25) is 4.79 Å². The summed E-state index contributed by atoms with van der Waals surface area (Å²) >= 11 is 3.29. The van der Waals surface area contributed by atoms with Gasteiger partial charge < -0.3 is 10.0 Å². The molecule has 1 heterocycles. The molecule has 4 nitrogen and oxygen atoms in total. The number of carbonyl (C=O) groups is 1. The Labute approximate surface area is 131 Å². The Morgan fingerprint density at radius 2 is 2.05 bits per heavy atom. The van der Waals surface area contributed by atoms with Crippen LogP contribution >= 0.6 is 15.9 Å². The lowest BCUT2D eigenvalue weighted by atomic mass is 10.2. The molecular weight excluding hydrogens is 332 g/mol. The third kappa shape index (κ3) is 3.42. The molecule has 2 aromatic rings. The second-order valence-electron chi connectivity index (χ2n) is 5.18. The van der Waals surface area contributed by atoms with E-state index in [9.17, 15) is 9.90 Å². The monoisotopic (exact) mass is 346 g/mol. The Morgan fingerprint density at radius 3 is 2.71 bits per heavy atom. The maximum Gasteiger partial charge on any atom is 0.273 e. The van der Waals surface area contributed by atoms with Crippen molar-refractivity contribution in [3.8, 4) is 5.75 Å². The minimum atomic E-state index is -0.0675. The zero-order chi connectivity index (χ0) is 14.8. The van der Waals surface area contributed by atoms with Gasteiger partial charge in [-0.1, -0.05) is 18.2 Å². The fraction of sp³-hybridized carbons (Fsp3) is 0.250. The first-order chi connectivity index (χ1) is 10.1. The van der Waals surface area contributed by atoms with Crippen LogP contribution in [0.5, 0.6) is 5.75 Å². The summed E-state index contributed by atoms with van der Waals surface area (Å²) in [5.74, 6) is 0.151. The minimum absolute atomic E-state index is 0.0675. The van der Waals surface area contributed by atoms with E-state index in [1.807, 2.05) is 17.0 Å². The van der Waals surface area contributed by atoms with Crippen LogP contribution < -0.4 is 0 Å². The Bertz CT molecular complexity index is 671. The van der Waals surface area contributed by atoms with Crippen molar-refractivity contribution in [3.63, 3.8) is 0 Å². The maximum absolute atomic E-state index is 12.6. The van der Waals surface area contributed by atoms with Gasteiger partial charge in [-0.05, 0) is 58.6 Å².